The zero-order valence-electron chi connectivity index (χ0n) is 11.3. The summed E-state index contributed by atoms with van der Waals surface area (Å²) >= 11 is 0. The van der Waals surface area contributed by atoms with Crippen molar-refractivity contribution in [3.05, 3.63) is 64.5 Å². The molecule has 0 fully saturated rings. The van der Waals surface area contributed by atoms with Gasteiger partial charge in [-0.05, 0) is 48.4 Å². The summed E-state index contributed by atoms with van der Waals surface area (Å²) in [7, 11) is 0. The lowest BCUT2D eigenvalue weighted by atomic mass is 9.75. The molecule has 0 spiro atoms. The Morgan fingerprint density at radius 2 is 2.11 bits per heavy atom. The molecule has 0 aliphatic heterocycles. The second-order valence-corrected chi connectivity index (χ2v) is 5.41. The predicted molar refractivity (Wildman–Crippen MR) is 75.5 cm³/mol. The maximum absolute atomic E-state index is 12.3. The molecule has 3 rings (SSSR count). The number of carbonyl (C=O) groups is 1. The molecule has 2 nitrogen and oxygen atoms in total. The fraction of sp³-hybridized carbons (Fsp3) is 0.294. The smallest absolute Gasteiger partial charge is 0.182 e. The molecular formula is C17H17NO. The van der Waals surface area contributed by atoms with Crippen LogP contribution in [0.5, 0.6) is 0 Å². The summed E-state index contributed by atoms with van der Waals surface area (Å²) < 4.78 is 0. The minimum Gasteiger partial charge on any atom is -0.292 e. The zero-order valence-corrected chi connectivity index (χ0v) is 11.3. The maximum atomic E-state index is 12.3. The van der Waals surface area contributed by atoms with E-state index in [1.165, 1.54) is 11.1 Å². The third-order valence-electron chi connectivity index (χ3n) is 3.87. The summed E-state index contributed by atoms with van der Waals surface area (Å²) in [5.74, 6) is 0.545. The lowest BCUT2D eigenvalue weighted by Crippen LogP contribution is -2.21. The Kier molecular flexibility index (Phi) is 2.94. The van der Waals surface area contributed by atoms with E-state index in [2.05, 4.69) is 23.2 Å². The molecule has 1 unspecified atom stereocenters. The zero-order chi connectivity index (χ0) is 13.4. The third kappa shape index (κ3) is 2.19. The Hall–Kier alpha value is -1.96. The number of aromatic nitrogens is 1. The van der Waals surface area contributed by atoms with Crippen molar-refractivity contribution in [2.75, 3.05) is 0 Å². The molecule has 0 radical (unpaired) electrons. The van der Waals surface area contributed by atoms with E-state index in [9.17, 15) is 4.79 Å². The predicted octanol–water partition coefficient (Wildman–Crippen LogP) is 3.61. The number of hydrogen-bond donors (Lipinski definition) is 0. The Labute approximate surface area is 113 Å². The van der Waals surface area contributed by atoms with E-state index >= 15 is 0 Å². The van der Waals surface area contributed by atoms with Crippen molar-refractivity contribution in [2.24, 2.45) is 0 Å². The molecule has 0 saturated heterocycles. The molecule has 0 amide bonds. The van der Waals surface area contributed by atoms with Crippen LogP contribution in [0.3, 0.4) is 0 Å². The van der Waals surface area contributed by atoms with Crippen LogP contribution >= 0.6 is 0 Å². The van der Waals surface area contributed by atoms with E-state index in [0.717, 1.165) is 17.5 Å². The maximum Gasteiger partial charge on any atom is 0.182 e. The third-order valence-corrected chi connectivity index (χ3v) is 3.87. The molecule has 1 heterocycles. The van der Waals surface area contributed by atoms with Gasteiger partial charge in [-0.25, -0.2) is 0 Å². The van der Waals surface area contributed by atoms with E-state index < -0.39 is 0 Å². The topological polar surface area (TPSA) is 30.0 Å². The van der Waals surface area contributed by atoms with Crippen molar-refractivity contribution >= 4 is 5.78 Å². The first-order valence-electron chi connectivity index (χ1n) is 6.69. The minimum atomic E-state index is 0.164. The standard InChI is InChI=1S/C17H17NO/c1-11-7-12(2)17(18-10-11)16(19)9-14-8-13-5-3-4-6-15(13)14/h3-7,10,14H,8-9H2,1-2H3. The Morgan fingerprint density at radius 3 is 2.84 bits per heavy atom. The molecule has 1 atom stereocenters. The van der Waals surface area contributed by atoms with Crippen LogP contribution in [0.2, 0.25) is 0 Å². The summed E-state index contributed by atoms with van der Waals surface area (Å²) in [5.41, 5.74) is 5.44. The molecule has 19 heavy (non-hydrogen) atoms. The molecule has 2 aromatic rings. The lowest BCUT2D eigenvalue weighted by Gasteiger charge is -2.29. The van der Waals surface area contributed by atoms with Crippen LogP contribution < -0.4 is 0 Å². The summed E-state index contributed by atoms with van der Waals surface area (Å²) in [4.78, 5) is 16.6. The number of rotatable bonds is 3. The first-order valence-corrected chi connectivity index (χ1v) is 6.69. The number of nitrogens with zero attached hydrogens (tertiary/aromatic N) is 1. The Bertz CT molecular complexity index is 645. The second-order valence-electron chi connectivity index (χ2n) is 5.41. The van der Waals surface area contributed by atoms with Gasteiger partial charge in [0.25, 0.3) is 0 Å². The van der Waals surface area contributed by atoms with Gasteiger partial charge in [-0.1, -0.05) is 30.3 Å². The number of aryl methyl sites for hydroxylation is 2. The van der Waals surface area contributed by atoms with Gasteiger partial charge in [0.2, 0.25) is 0 Å². The van der Waals surface area contributed by atoms with Crippen molar-refractivity contribution in [1.29, 1.82) is 0 Å². The number of benzene rings is 1. The van der Waals surface area contributed by atoms with Crippen LogP contribution in [-0.4, -0.2) is 10.8 Å². The monoisotopic (exact) mass is 251 g/mol. The van der Waals surface area contributed by atoms with Gasteiger partial charge in [0.15, 0.2) is 5.78 Å². The van der Waals surface area contributed by atoms with Gasteiger partial charge >= 0.3 is 0 Å². The molecule has 96 valence electrons. The fourth-order valence-electron chi connectivity index (χ4n) is 2.87. The van der Waals surface area contributed by atoms with E-state index in [0.29, 0.717) is 18.0 Å². The molecule has 1 aromatic carbocycles. The molecule has 1 aromatic heterocycles. The van der Waals surface area contributed by atoms with Gasteiger partial charge < -0.3 is 0 Å². The first kappa shape index (κ1) is 12.1. The van der Waals surface area contributed by atoms with E-state index in [1.54, 1.807) is 6.20 Å². The highest BCUT2D eigenvalue weighted by Gasteiger charge is 2.28. The highest BCUT2D eigenvalue weighted by atomic mass is 16.1. The normalized spacial score (nSPS) is 16.6. The molecule has 0 saturated carbocycles. The largest absolute Gasteiger partial charge is 0.292 e. The summed E-state index contributed by atoms with van der Waals surface area (Å²) in [6, 6.07) is 10.4. The lowest BCUT2D eigenvalue weighted by molar-refractivity contribution is 0.0965. The van der Waals surface area contributed by atoms with Crippen molar-refractivity contribution in [3.63, 3.8) is 0 Å². The van der Waals surface area contributed by atoms with Crippen LogP contribution in [0.1, 0.15) is 45.1 Å². The van der Waals surface area contributed by atoms with Crippen LogP contribution in [0.15, 0.2) is 36.5 Å². The second kappa shape index (κ2) is 4.61. The van der Waals surface area contributed by atoms with Crippen LogP contribution in [0.25, 0.3) is 0 Å². The average molecular weight is 251 g/mol. The Morgan fingerprint density at radius 1 is 1.32 bits per heavy atom. The minimum absolute atomic E-state index is 0.164. The highest BCUT2D eigenvalue weighted by Crippen LogP contribution is 2.37. The molecule has 0 N–H and O–H groups in total. The van der Waals surface area contributed by atoms with Crippen LogP contribution in [-0.2, 0) is 6.42 Å². The SMILES string of the molecule is Cc1cnc(C(=O)CC2Cc3ccccc32)c(C)c1. The quantitative estimate of drug-likeness (QED) is 0.780. The van der Waals surface area contributed by atoms with Crippen molar-refractivity contribution < 1.29 is 4.79 Å². The highest BCUT2D eigenvalue weighted by molar-refractivity contribution is 5.96. The van der Waals surface area contributed by atoms with Crippen LogP contribution in [0, 0.1) is 13.8 Å². The van der Waals surface area contributed by atoms with Gasteiger partial charge in [-0.15, -0.1) is 0 Å². The number of fused-ring (bicyclic) bond motifs is 1. The Balaban J connectivity index is 1.77. The van der Waals surface area contributed by atoms with E-state index in [1.807, 2.05) is 26.0 Å². The molecular weight excluding hydrogens is 234 g/mol. The van der Waals surface area contributed by atoms with Gasteiger partial charge in [-0.3, -0.25) is 9.78 Å². The van der Waals surface area contributed by atoms with Gasteiger partial charge in [0.1, 0.15) is 5.69 Å². The number of Topliss-reactive ketones (excluding diaryl/α,β-unsaturated/α-hetero) is 1. The van der Waals surface area contributed by atoms with Crippen molar-refractivity contribution in [2.45, 2.75) is 32.6 Å². The fourth-order valence-corrected chi connectivity index (χ4v) is 2.87. The van der Waals surface area contributed by atoms with Crippen LogP contribution in [0.4, 0.5) is 0 Å². The van der Waals surface area contributed by atoms with E-state index in [-0.39, 0.29) is 5.78 Å². The van der Waals surface area contributed by atoms with Gasteiger partial charge in [0.05, 0.1) is 0 Å². The number of pyridine rings is 1. The van der Waals surface area contributed by atoms with Gasteiger partial charge in [0, 0.05) is 12.6 Å². The molecule has 2 heteroatoms. The van der Waals surface area contributed by atoms with Gasteiger partial charge in [-0.2, -0.15) is 0 Å². The number of hydrogen-bond acceptors (Lipinski definition) is 2. The number of ketones is 1. The van der Waals surface area contributed by atoms with E-state index in [4.69, 9.17) is 0 Å². The summed E-state index contributed by atoms with van der Waals surface area (Å²) in [6.07, 6.45) is 3.37. The summed E-state index contributed by atoms with van der Waals surface area (Å²) in [5, 5.41) is 0. The summed E-state index contributed by atoms with van der Waals surface area (Å²) in [6.45, 7) is 3.96. The number of carbonyl (C=O) groups excluding carboxylic acids is 1. The molecule has 1 aliphatic carbocycles. The first-order chi connectivity index (χ1) is 9.15. The van der Waals surface area contributed by atoms with Crippen molar-refractivity contribution in [3.8, 4) is 0 Å². The molecule has 0 bridgehead atoms. The molecule has 1 aliphatic rings. The average Bonchev–Trinajstić information content (AvgIpc) is 2.35. The van der Waals surface area contributed by atoms with Crippen molar-refractivity contribution in [1.82, 2.24) is 4.98 Å².